The molecule has 0 nitrogen and oxygen atoms in total. The van der Waals surface area contributed by atoms with Crippen molar-refractivity contribution in [3.8, 4) is 0 Å². The molecule has 0 fully saturated rings. The maximum atomic E-state index is 13.6. The van der Waals surface area contributed by atoms with Crippen LogP contribution in [-0.4, -0.2) is 21.2 Å². The Morgan fingerprint density at radius 3 is 2.19 bits per heavy atom. The van der Waals surface area contributed by atoms with Crippen molar-refractivity contribution in [2.24, 2.45) is 0 Å². The van der Waals surface area contributed by atoms with Crippen molar-refractivity contribution in [2.75, 3.05) is 0 Å². The molecule has 0 aliphatic rings. The molecule has 0 saturated carbocycles. The molecule has 0 N–H and O–H groups in total. The van der Waals surface area contributed by atoms with Gasteiger partial charge in [0.05, 0.1) is 0 Å². The molecule has 2 aromatic carbocycles. The molecule has 0 saturated heterocycles. The van der Waals surface area contributed by atoms with Crippen molar-refractivity contribution < 1.29 is 4.39 Å². The molecule has 2 aromatic rings. The number of fused-ring (bicyclic) bond motifs is 1. The Balaban J connectivity index is 2.59. The molecule has 0 atom stereocenters. The SMILES string of the molecule is [CH3][Pb]([CH3])([CH3])[CH2]c1ccc(F)c2ccccc12. The molecule has 2 heteroatoms. The van der Waals surface area contributed by atoms with E-state index in [2.05, 4.69) is 13.4 Å². The summed E-state index contributed by atoms with van der Waals surface area (Å²) < 4.78 is 22.1. The summed E-state index contributed by atoms with van der Waals surface area (Å²) in [6, 6.07) is 11.4. The van der Waals surface area contributed by atoms with E-state index in [0.29, 0.717) is 0 Å². The van der Waals surface area contributed by atoms with Gasteiger partial charge in [0.2, 0.25) is 0 Å². The Kier molecular flexibility index (Phi) is 3.33. The van der Waals surface area contributed by atoms with Crippen molar-refractivity contribution in [3.63, 3.8) is 0 Å². The third-order valence-electron chi connectivity index (χ3n) is 2.68. The first-order chi connectivity index (χ1) is 7.47. The van der Waals surface area contributed by atoms with Gasteiger partial charge in [0.1, 0.15) is 0 Å². The zero-order chi connectivity index (χ0) is 11.8. The van der Waals surface area contributed by atoms with Gasteiger partial charge in [-0.1, -0.05) is 0 Å². The summed E-state index contributed by atoms with van der Waals surface area (Å²) in [5, 5.41) is 1.86. The average Bonchev–Trinajstić information content (AvgIpc) is 2.21. The van der Waals surface area contributed by atoms with Crippen LogP contribution in [0.5, 0.6) is 0 Å². The van der Waals surface area contributed by atoms with Crippen LogP contribution in [0.1, 0.15) is 5.56 Å². The van der Waals surface area contributed by atoms with Crippen LogP contribution < -0.4 is 0 Å². The molecular weight excluding hydrogens is 394 g/mol. The minimum atomic E-state index is -1.98. The fourth-order valence-corrected chi connectivity index (χ4v) is 7.69. The summed E-state index contributed by atoms with van der Waals surface area (Å²) in [6.45, 7) is 0. The predicted octanol–water partition coefficient (Wildman–Crippen LogP) is 4.40. The molecule has 0 aromatic heterocycles. The topological polar surface area (TPSA) is 0 Å². The monoisotopic (exact) mass is 412 g/mol. The van der Waals surface area contributed by atoms with Crippen molar-refractivity contribution in [2.45, 2.75) is 17.4 Å². The molecule has 0 bridgehead atoms. The van der Waals surface area contributed by atoms with Crippen LogP contribution in [-0.2, 0) is 3.98 Å². The normalized spacial score (nSPS) is 12.0. The van der Waals surface area contributed by atoms with Crippen LogP contribution >= 0.6 is 0 Å². The van der Waals surface area contributed by atoms with Gasteiger partial charge in [0.15, 0.2) is 0 Å². The van der Waals surface area contributed by atoms with Gasteiger partial charge < -0.3 is 0 Å². The summed E-state index contributed by atoms with van der Waals surface area (Å²) in [7, 11) is 0. The molecule has 0 aliphatic carbocycles. The van der Waals surface area contributed by atoms with E-state index in [0.717, 1.165) is 10.8 Å². The van der Waals surface area contributed by atoms with Gasteiger partial charge in [-0.05, 0) is 0 Å². The van der Waals surface area contributed by atoms with Gasteiger partial charge in [-0.15, -0.1) is 0 Å². The van der Waals surface area contributed by atoms with E-state index in [1.54, 1.807) is 6.07 Å². The van der Waals surface area contributed by atoms with E-state index < -0.39 is 21.2 Å². The van der Waals surface area contributed by atoms with Crippen LogP contribution in [0, 0.1) is 5.82 Å². The summed E-state index contributed by atoms with van der Waals surface area (Å²) in [5.74, 6) is -0.107. The number of hydrogen-bond donors (Lipinski definition) is 0. The van der Waals surface area contributed by atoms with Crippen LogP contribution in [0.15, 0.2) is 36.4 Å². The molecule has 2 rings (SSSR count). The van der Waals surface area contributed by atoms with Gasteiger partial charge in [0.25, 0.3) is 0 Å². The van der Waals surface area contributed by atoms with Crippen LogP contribution in [0.2, 0.25) is 13.4 Å². The third-order valence-corrected chi connectivity index (χ3v) is 8.29. The van der Waals surface area contributed by atoms with Crippen LogP contribution in [0.25, 0.3) is 10.8 Å². The fourth-order valence-electron chi connectivity index (χ4n) is 2.05. The molecule has 16 heavy (non-hydrogen) atoms. The average molecular weight is 411 g/mol. The Morgan fingerprint density at radius 1 is 0.938 bits per heavy atom. The van der Waals surface area contributed by atoms with Gasteiger partial charge in [-0.3, -0.25) is 0 Å². The number of halogens is 1. The van der Waals surface area contributed by atoms with Gasteiger partial charge >= 0.3 is 102 Å². The molecule has 0 radical (unpaired) electrons. The van der Waals surface area contributed by atoms with E-state index in [9.17, 15) is 4.39 Å². The summed E-state index contributed by atoms with van der Waals surface area (Å²) in [6.07, 6.45) is 0. The molecule has 0 unspecified atom stereocenters. The Labute approximate surface area is 101 Å². The zero-order valence-electron chi connectivity index (χ0n) is 10.0. The fraction of sp³-hybridized carbons (Fsp3) is 0.286. The minimum absolute atomic E-state index is 0.107. The standard InChI is InChI=1S/C11H8F.3CH3.Pb/c1-8-6-7-11(12)10-5-3-2-4-9(8)10;;;;/h2-7H,1H2;3*1H3;. The van der Waals surface area contributed by atoms with Crippen molar-refractivity contribution in [1.29, 1.82) is 0 Å². The molecular formula is C14H17FPb. The summed E-state index contributed by atoms with van der Waals surface area (Å²) in [4.78, 5) is 0. The molecule has 0 heterocycles. The van der Waals surface area contributed by atoms with Crippen molar-refractivity contribution >= 4 is 31.9 Å². The second-order valence-electron chi connectivity index (χ2n) is 5.49. The van der Waals surface area contributed by atoms with E-state index in [1.807, 2.05) is 30.3 Å². The van der Waals surface area contributed by atoms with Crippen LogP contribution in [0.3, 0.4) is 0 Å². The Morgan fingerprint density at radius 2 is 1.56 bits per heavy atom. The van der Waals surface area contributed by atoms with E-state index in [-0.39, 0.29) is 5.82 Å². The second-order valence-corrected chi connectivity index (χ2v) is 26.8. The first-order valence-electron chi connectivity index (χ1n) is 5.63. The van der Waals surface area contributed by atoms with Gasteiger partial charge in [-0.2, -0.15) is 0 Å². The number of rotatable bonds is 2. The van der Waals surface area contributed by atoms with Gasteiger partial charge in [0, 0.05) is 0 Å². The Bertz CT molecular complexity index is 512. The molecule has 84 valence electrons. The third kappa shape index (κ3) is 2.62. The first kappa shape index (κ1) is 12.0. The van der Waals surface area contributed by atoms with E-state index in [1.165, 1.54) is 9.54 Å². The zero-order valence-corrected chi connectivity index (χ0v) is 13.9. The second kappa shape index (κ2) is 4.43. The number of benzene rings is 2. The van der Waals surface area contributed by atoms with Crippen molar-refractivity contribution in [3.05, 3.63) is 47.8 Å². The molecule has 0 amide bonds. The number of hydrogen-bond acceptors (Lipinski definition) is 0. The predicted molar refractivity (Wildman–Crippen MR) is 71.0 cm³/mol. The molecule has 0 spiro atoms. The van der Waals surface area contributed by atoms with E-state index in [4.69, 9.17) is 0 Å². The first-order valence-corrected chi connectivity index (χ1v) is 20.0. The summed E-state index contributed by atoms with van der Waals surface area (Å²) in [5.41, 5.74) is 1.33. The van der Waals surface area contributed by atoms with E-state index >= 15 is 0 Å². The summed E-state index contributed by atoms with van der Waals surface area (Å²) >= 11 is -1.98. The maximum absolute atomic E-state index is 13.6. The van der Waals surface area contributed by atoms with Crippen molar-refractivity contribution in [1.82, 2.24) is 0 Å². The van der Waals surface area contributed by atoms with Crippen LogP contribution in [0.4, 0.5) is 4.39 Å². The van der Waals surface area contributed by atoms with Gasteiger partial charge in [-0.25, -0.2) is 0 Å². The Hall–Kier alpha value is -0.448. The quantitative estimate of drug-likeness (QED) is 0.643. The molecule has 0 aliphatic heterocycles.